The van der Waals surface area contributed by atoms with E-state index >= 15 is 0 Å². The van der Waals surface area contributed by atoms with Gasteiger partial charge in [-0.25, -0.2) is 8.42 Å². The molecule has 1 aliphatic heterocycles. The lowest BCUT2D eigenvalue weighted by Gasteiger charge is -2.17. The average molecular weight is 337 g/mol. The van der Waals surface area contributed by atoms with Crippen molar-refractivity contribution in [3.05, 3.63) is 29.8 Å². The van der Waals surface area contributed by atoms with Crippen LogP contribution in [0.1, 0.15) is 12.5 Å². The van der Waals surface area contributed by atoms with Gasteiger partial charge in [0.2, 0.25) is 10.0 Å². The molecular formula is C13H14F3NO4S. The van der Waals surface area contributed by atoms with E-state index in [1.807, 2.05) is 0 Å². The number of nitrogens with zero attached hydrogens (tertiary/aromatic N) is 1. The highest BCUT2D eigenvalue weighted by Gasteiger charge is 2.41. The van der Waals surface area contributed by atoms with Crippen LogP contribution in [0.5, 0.6) is 0 Å². The Labute approximate surface area is 125 Å². The van der Waals surface area contributed by atoms with Gasteiger partial charge in [-0.1, -0.05) is 13.0 Å². The van der Waals surface area contributed by atoms with Gasteiger partial charge >= 0.3 is 12.1 Å². The minimum atomic E-state index is -4.65. The minimum Gasteiger partial charge on any atom is -0.481 e. The van der Waals surface area contributed by atoms with E-state index in [0.717, 1.165) is 22.5 Å². The van der Waals surface area contributed by atoms with Crippen molar-refractivity contribution >= 4 is 16.0 Å². The summed E-state index contributed by atoms with van der Waals surface area (Å²) < 4.78 is 63.7. The van der Waals surface area contributed by atoms with E-state index in [2.05, 4.69) is 0 Å². The summed E-state index contributed by atoms with van der Waals surface area (Å²) in [6.07, 6.45) is -4.65. The number of halogens is 3. The summed E-state index contributed by atoms with van der Waals surface area (Å²) in [7, 11) is -4.15. The highest BCUT2D eigenvalue weighted by molar-refractivity contribution is 7.89. The fourth-order valence-electron chi connectivity index (χ4n) is 2.42. The largest absolute Gasteiger partial charge is 0.481 e. The maximum atomic E-state index is 12.7. The Morgan fingerprint density at radius 2 is 1.95 bits per heavy atom. The molecule has 1 aliphatic rings. The van der Waals surface area contributed by atoms with E-state index in [0.29, 0.717) is 6.07 Å². The average Bonchev–Trinajstić information content (AvgIpc) is 2.81. The summed E-state index contributed by atoms with van der Waals surface area (Å²) >= 11 is 0. The molecule has 122 valence electrons. The lowest BCUT2D eigenvalue weighted by atomic mass is 9.99. The van der Waals surface area contributed by atoms with Crippen LogP contribution in [0, 0.1) is 11.8 Å². The van der Waals surface area contributed by atoms with Crippen molar-refractivity contribution in [1.82, 2.24) is 4.31 Å². The molecule has 2 rings (SSSR count). The summed E-state index contributed by atoms with van der Waals surface area (Å²) in [5.41, 5.74) is -1.06. The molecule has 0 amide bonds. The first-order chi connectivity index (χ1) is 10.0. The number of hydrogen-bond acceptors (Lipinski definition) is 3. The van der Waals surface area contributed by atoms with Crippen LogP contribution in [0.4, 0.5) is 13.2 Å². The molecule has 1 aromatic carbocycles. The Morgan fingerprint density at radius 3 is 2.45 bits per heavy atom. The first-order valence-corrected chi connectivity index (χ1v) is 7.87. The topological polar surface area (TPSA) is 74.7 Å². The van der Waals surface area contributed by atoms with E-state index in [1.54, 1.807) is 6.92 Å². The highest BCUT2D eigenvalue weighted by atomic mass is 32.2. The van der Waals surface area contributed by atoms with Gasteiger partial charge in [-0.05, 0) is 24.1 Å². The SMILES string of the molecule is C[C@@H]1CN(S(=O)(=O)c2cccc(C(F)(F)F)c2)C[C@H]1C(=O)O. The van der Waals surface area contributed by atoms with Crippen molar-refractivity contribution < 1.29 is 31.5 Å². The standard InChI is InChI=1S/C13H14F3NO4S/c1-8-6-17(7-11(8)12(18)19)22(20,21)10-4-2-3-9(5-10)13(14,15)16/h2-5,8,11H,6-7H2,1H3,(H,18,19)/t8-,11-/m1/s1. The quantitative estimate of drug-likeness (QED) is 0.916. The second-order valence-electron chi connectivity index (χ2n) is 5.27. The zero-order valence-electron chi connectivity index (χ0n) is 11.5. The van der Waals surface area contributed by atoms with E-state index in [9.17, 15) is 26.4 Å². The third-order valence-electron chi connectivity index (χ3n) is 3.70. The van der Waals surface area contributed by atoms with Crippen LogP contribution < -0.4 is 0 Å². The van der Waals surface area contributed by atoms with Crippen molar-refractivity contribution in [2.45, 2.75) is 18.0 Å². The molecule has 0 aliphatic carbocycles. The number of rotatable bonds is 3. The summed E-state index contributed by atoms with van der Waals surface area (Å²) in [4.78, 5) is 10.6. The molecular weight excluding hydrogens is 323 g/mol. The Bertz CT molecular complexity index is 687. The Morgan fingerprint density at radius 1 is 1.32 bits per heavy atom. The van der Waals surface area contributed by atoms with Gasteiger partial charge < -0.3 is 5.11 Å². The van der Waals surface area contributed by atoms with Crippen molar-refractivity contribution in [3.8, 4) is 0 Å². The highest BCUT2D eigenvalue weighted by Crippen LogP contribution is 2.33. The van der Waals surface area contributed by atoms with Gasteiger partial charge in [-0.15, -0.1) is 0 Å². The molecule has 1 saturated heterocycles. The smallest absolute Gasteiger partial charge is 0.416 e. The first kappa shape index (κ1) is 16.8. The number of hydrogen-bond donors (Lipinski definition) is 1. The molecule has 9 heteroatoms. The number of alkyl halides is 3. The predicted molar refractivity (Wildman–Crippen MR) is 70.5 cm³/mol. The van der Waals surface area contributed by atoms with Gasteiger partial charge in [0.1, 0.15) is 0 Å². The summed E-state index contributed by atoms with van der Waals surface area (Å²) in [5.74, 6) is -2.38. The lowest BCUT2D eigenvalue weighted by molar-refractivity contribution is -0.142. The summed E-state index contributed by atoms with van der Waals surface area (Å²) in [5, 5.41) is 9.02. The number of carbonyl (C=O) groups is 1. The molecule has 1 N–H and O–H groups in total. The van der Waals surface area contributed by atoms with Gasteiger partial charge in [-0.2, -0.15) is 17.5 Å². The second kappa shape index (κ2) is 5.54. The number of aliphatic carboxylic acids is 1. The molecule has 22 heavy (non-hydrogen) atoms. The normalized spacial score (nSPS) is 23.6. The van der Waals surface area contributed by atoms with Gasteiger partial charge in [0.15, 0.2) is 0 Å². The van der Waals surface area contributed by atoms with Crippen LogP contribution in [0.15, 0.2) is 29.2 Å². The monoisotopic (exact) mass is 337 g/mol. The van der Waals surface area contributed by atoms with Crippen LogP contribution in [0.3, 0.4) is 0 Å². The lowest BCUT2D eigenvalue weighted by Crippen LogP contribution is -2.30. The maximum absolute atomic E-state index is 12.7. The number of benzene rings is 1. The predicted octanol–water partition coefficient (Wildman–Crippen LogP) is 2.05. The van der Waals surface area contributed by atoms with E-state index in [1.165, 1.54) is 0 Å². The summed E-state index contributed by atoms with van der Waals surface area (Å²) in [6, 6.07) is 3.44. The molecule has 0 unspecified atom stereocenters. The fraction of sp³-hybridized carbons (Fsp3) is 0.462. The Kier molecular flexibility index (Phi) is 4.22. The van der Waals surface area contributed by atoms with Gasteiger partial charge in [0, 0.05) is 13.1 Å². The third-order valence-corrected chi connectivity index (χ3v) is 5.52. The van der Waals surface area contributed by atoms with E-state index in [-0.39, 0.29) is 13.1 Å². The number of carboxylic acids is 1. The summed E-state index contributed by atoms with van der Waals surface area (Å²) in [6.45, 7) is 1.32. The van der Waals surface area contributed by atoms with Gasteiger partial charge in [-0.3, -0.25) is 4.79 Å². The van der Waals surface area contributed by atoms with Crippen molar-refractivity contribution in [2.24, 2.45) is 11.8 Å². The van der Waals surface area contributed by atoms with Crippen molar-refractivity contribution in [3.63, 3.8) is 0 Å². The molecule has 0 saturated carbocycles. The van der Waals surface area contributed by atoms with Crippen molar-refractivity contribution in [2.75, 3.05) is 13.1 Å². The molecule has 0 bridgehead atoms. The fourth-order valence-corrected chi connectivity index (χ4v) is 4.03. The molecule has 1 fully saturated rings. The van der Waals surface area contributed by atoms with Crippen LogP contribution in [0.2, 0.25) is 0 Å². The maximum Gasteiger partial charge on any atom is 0.416 e. The molecule has 5 nitrogen and oxygen atoms in total. The Hall–Kier alpha value is -1.61. The zero-order valence-corrected chi connectivity index (χ0v) is 12.4. The van der Waals surface area contributed by atoms with Crippen LogP contribution >= 0.6 is 0 Å². The molecule has 2 atom stereocenters. The van der Waals surface area contributed by atoms with Crippen LogP contribution in [-0.2, 0) is 21.0 Å². The van der Waals surface area contributed by atoms with Crippen LogP contribution in [0.25, 0.3) is 0 Å². The number of carboxylic acid groups (broad SMARTS) is 1. The van der Waals surface area contributed by atoms with Crippen LogP contribution in [-0.4, -0.2) is 36.9 Å². The second-order valence-corrected chi connectivity index (χ2v) is 7.21. The minimum absolute atomic E-state index is 0.0322. The molecule has 0 aromatic heterocycles. The molecule has 0 radical (unpaired) electrons. The van der Waals surface area contributed by atoms with Crippen molar-refractivity contribution in [1.29, 1.82) is 0 Å². The molecule has 1 heterocycles. The third kappa shape index (κ3) is 3.09. The first-order valence-electron chi connectivity index (χ1n) is 6.43. The van der Waals surface area contributed by atoms with E-state index < -0.39 is 44.5 Å². The van der Waals surface area contributed by atoms with Gasteiger partial charge in [0.25, 0.3) is 0 Å². The van der Waals surface area contributed by atoms with E-state index in [4.69, 9.17) is 5.11 Å². The Balaban J connectivity index is 2.34. The zero-order chi connectivity index (χ0) is 16.7. The molecule has 1 aromatic rings. The molecule has 0 spiro atoms. The number of sulfonamides is 1. The van der Waals surface area contributed by atoms with Gasteiger partial charge in [0.05, 0.1) is 16.4 Å².